The van der Waals surface area contributed by atoms with Gasteiger partial charge in [-0.25, -0.2) is 4.98 Å². The first kappa shape index (κ1) is 13.6. The topological polar surface area (TPSA) is 65.4 Å². The number of phenolic OH excluding ortho intramolecular Hbond substituents is 1. The smallest absolute Gasteiger partial charge is 0.134 e. The maximum Gasteiger partial charge on any atom is 0.134 e. The maximum atomic E-state index is 10.3. The van der Waals surface area contributed by atoms with Gasteiger partial charge in [0, 0.05) is 18.1 Å². The van der Waals surface area contributed by atoms with Gasteiger partial charge in [-0.3, -0.25) is 0 Å². The molecule has 0 unspecified atom stereocenters. The van der Waals surface area contributed by atoms with E-state index < -0.39 is 5.60 Å². The fourth-order valence-electron chi connectivity index (χ4n) is 2.05. The van der Waals surface area contributed by atoms with E-state index in [-0.39, 0.29) is 5.75 Å². The van der Waals surface area contributed by atoms with Gasteiger partial charge in [0.15, 0.2) is 0 Å². The van der Waals surface area contributed by atoms with Crippen molar-refractivity contribution in [2.24, 2.45) is 0 Å². The van der Waals surface area contributed by atoms with Crippen LogP contribution < -0.4 is 5.32 Å². The number of rotatable bonds is 5. The third kappa shape index (κ3) is 2.96. The zero-order chi connectivity index (χ0) is 13.9. The third-order valence-corrected chi connectivity index (χ3v) is 3.65. The molecule has 0 saturated heterocycles. The van der Waals surface area contributed by atoms with Crippen LogP contribution in [-0.4, -0.2) is 27.3 Å². The molecule has 0 aliphatic rings. The SMILES string of the molecule is CCC(O)(CC)CNc1nccc2ccc(O)cc12. The van der Waals surface area contributed by atoms with Crippen molar-refractivity contribution >= 4 is 16.6 Å². The summed E-state index contributed by atoms with van der Waals surface area (Å²) in [6.45, 7) is 4.38. The monoisotopic (exact) mass is 260 g/mol. The summed E-state index contributed by atoms with van der Waals surface area (Å²) < 4.78 is 0. The van der Waals surface area contributed by atoms with Crippen LogP contribution in [0.3, 0.4) is 0 Å². The van der Waals surface area contributed by atoms with Gasteiger partial charge in [-0.05, 0) is 36.4 Å². The highest BCUT2D eigenvalue weighted by molar-refractivity contribution is 5.92. The number of pyridine rings is 1. The molecular weight excluding hydrogens is 240 g/mol. The number of phenols is 1. The first-order chi connectivity index (χ1) is 9.08. The molecule has 0 aliphatic carbocycles. The molecule has 2 rings (SSSR count). The summed E-state index contributed by atoms with van der Waals surface area (Å²) in [5, 5.41) is 24.9. The largest absolute Gasteiger partial charge is 0.508 e. The second kappa shape index (κ2) is 5.45. The van der Waals surface area contributed by atoms with Crippen LogP contribution in [0.1, 0.15) is 26.7 Å². The third-order valence-electron chi connectivity index (χ3n) is 3.65. The summed E-state index contributed by atoms with van der Waals surface area (Å²) >= 11 is 0. The van der Waals surface area contributed by atoms with E-state index in [0.29, 0.717) is 25.2 Å². The average molecular weight is 260 g/mol. The normalized spacial score (nSPS) is 11.7. The van der Waals surface area contributed by atoms with E-state index in [9.17, 15) is 10.2 Å². The number of nitrogens with one attached hydrogen (secondary N) is 1. The maximum absolute atomic E-state index is 10.3. The Morgan fingerprint density at radius 3 is 2.63 bits per heavy atom. The second-order valence-corrected chi connectivity index (χ2v) is 4.85. The lowest BCUT2D eigenvalue weighted by Crippen LogP contribution is -2.35. The molecular formula is C15H20N2O2. The minimum atomic E-state index is -0.722. The molecule has 0 atom stereocenters. The molecule has 4 heteroatoms. The zero-order valence-corrected chi connectivity index (χ0v) is 11.3. The molecule has 0 spiro atoms. The molecule has 0 aliphatic heterocycles. The molecule has 0 fully saturated rings. The van der Waals surface area contributed by atoms with E-state index in [1.807, 2.05) is 26.0 Å². The summed E-state index contributed by atoms with van der Waals surface area (Å²) in [5.41, 5.74) is -0.722. The highest BCUT2D eigenvalue weighted by Crippen LogP contribution is 2.26. The molecule has 0 bridgehead atoms. The molecule has 4 nitrogen and oxygen atoms in total. The lowest BCUT2D eigenvalue weighted by atomic mass is 9.97. The van der Waals surface area contributed by atoms with Gasteiger partial charge in [-0.15, -0.1) is 0 Å². The Morgan fingerprint density at radius 2 is 1.95 bits per heavy atom. The number of fused-ring (bicyclic) bond motifs is 1. The number of anilines is 1. The summed E-state index contributed by atoms with van der Waals surface area (Å²) in [7, 11) is 0. The minimum absolute atomic E-state index is 0.213. The van der Waals surface area contributed by atoms with Gasteiger partial charge < -0.3 is 15.5 Å². The van der Waals surface area contributed by atoms with Gasteiger partial charge in [0.25, 0.3) is 0 Å². The van der Waals surface area contributed by atoms with Crippen LogP contribution in [-0.2, 0) is 0 Å². The quantitative estimate of drug-likeness (QED) is 0.773. The fraction of sp³-hybridized carbons (Fsp3) is 0.400. The number of aliphatic hydroxyl groups is 1. The van der Waals surface area contributed by atoms with Crippen LogP contribution >= 0.6 is 0 Å². The van der Waals surface area contributed by atoms with Gasteiger partial charge in [0.2, 0.25) is 0 Å². The van der Waals surface area contributed by atoms with Crippen LogP contribution in [0.2, 0.25) is 0 Å². The molecule has 19 heavy (non-hydrogen) atoms. The van der Waals surface area contributed by atoms with Crippen molar-refractivity contribution in [3.05, 3.63) is 30.5 Å². The van der Waals surface area contributed by atoms with E-state index in [1.165, 1.54) is 0 Å². The summed E-state index contributed by atoms with van der Waals surface area (Å²) in [5.74, 6) is 0.901. The van der Waals surface area contributed by atoms with Crippen LogP contribution in [0.15, 0.2) is 30.5 Å². The summed E-state index contributed by atoms with van der Waals surface area (Å²) in [4.78, 5) is 4.29. The Morgan fingerprint density at radius 1 is 1.21 bits per heavy atom. The Balaban J connectivity index is 2.28. The number of aromatic nitrogens is 1. The van der Waals surface area contributed by atoms with E-state index >= 15 is 0 Å². The molecule has 1 aromatic heterocycles. The molecule has 3 N–H and O–H groups in total. The van der Waals surface area contributed by atoms with E-state index in [1.54, 1.807) is 18.3 Å². The minimum Gasteiger partial charge on any atom is -0.508 e. The van der Waals surface area contributed by atoms with Gasteiger partial charge in [0.1, 0.15) is 11.6 Å². The first-order valence-corrected chi connectivity index (χ1v) is 6.62. The molecule has 0 saturated carbocycles. The van der Waals surface area contributed by atoms with E-state index in [0.717, 1.165) is 10.8 Å². The molecule has 0 amide bonds. The Bertz CT molecular complexity index is 565. The Labute approximate surface area is 113 Å². The number of benzene rings is 1. The summed E-state index contributed by atoms with van der Waals surface area (Å²) in [6, 6.07) is 7.08. The fourth-order valence-corrected chi connectivity index (χ4v) is 2.05. The molecule has 1 aromatic carbocycles. The Kier molecular flexibility index (Phi) is 3.90. The Hall–Kier alpha value is -1.81. The van der Waals surface area contributed by atoms with Gasteiger partial charge >= 0.3 is 0 Å². The van der Waals surface area contributed by atoms with Gasteiger partial charge in [-0.2, -0.15) is 0 Å². The average Bonchev–Trinajstić information content (AvgIpc) is 2.44. The zero-order valence-electron chi connectivity index (χ0n) is 11.3. The molecule has 1 heterocycles. The summed E-state index contributed by atoms with van der Waals surface area (Å²) in [6.07, 6.45) is 3.09. The predicted octanol–water partition coefficient (Wildman–Crippen LogP) is 2.90. The van der Waals surface area contributed by atoms with Crippen molar-refractivity contribution in [3.63, 3.8) is 0 Å². The van der Waals surface area contributed by atoms with Gasteiger partial charge in [0.05, 0.1) is 5.60 Å². The van der Waals surface area contributed by atoms with Crippen molar-refractivity contribution < 1.29 is 10.2 Å². The van der Waals surface area contributed by atoms with Gasteiger partial charge in [-0.1, -0.05) is 19.9 Å². The highest BCUT2D eigenvalue weighted by Gasteiger charge is 2.22. The molecule has 2 aromatic rings. The van der Waals surface area contributed by atoms with Crippen LogP contribution in [0, 0.1) is 0 Å². The van der Waals surface area contributed by atoms with E-state index in [4.69, 9.17) is 0 Å². The van der Waals surface area contributed by atoms with Crippen molar-refractivity contribution in [2.75, 3.05) is 11.9 Å². The van der Waals surface area contributed by atoms with Crippen molar-refractivity contribution in [2.45, 2.75) is 32.3 Å². The molecule has 0 radical (unpaired) electrons. The van der Waals surface area contributed by atoms with Crippen LogP contribution in [0.5, 0.6) is 5.75 Å². The molecule has 102 valence electrons. The lowest BCUT2D eigenvalue weighted by Gasteiger charge is -2.25. The number of aromatic hydroxyl groups is 1. The lowest BCUT2D eigenvalue weighted by molar-refractivity contribution is 0.0456. The first-order valence-electron chi connectivity index (χ1n) is 6.62. The number of nitrogens with zero attached hydrogens (tertiary/aromatic N) is 1. The number of hydrogen-bond acceptors (Lipinski definition) is 4. The van der Waals surface area contributed by atoms with Crippen molar-refractivity contribution in [1.29, 1.82) is 0 Å². The van der Waals surface area contributed by atoms with Crippen LogP contribution in [0.25, 0.3) is 10.8 Å². The van der Waals surface area contributed by atoms with Crippen molar-refractivity contribution in [1.82, 2.24) is 4.98 Å². The van der Waals surface area contributed by atoms with Crippen LogP contribution in [0.4, 0.5) is 5.82 Å². The van der Waals surface area contributed by atoms with E-state index in [2.05, 4.69) is 10.3 Å². The highest BCUT2D eigenvalue weighted by atomic mass is 16.3. The predicted molar refractivity (Wildman–Crippen MR) is 77.4 cm³/mol. The standard InChI is InChI=1S/C15H20N2O2/c1-3-15(19,4-2)10-17-14-13-9-12(18)6-5-11(13)7-8-16-14/h5-9,18-19H,3-4,10H2,1-2H3,(H,16,17). The number of hydrogen-bond donors (Lipinski definition) is 3. The van der Waals surface area contributed by atoms with Crippen molar-refractivity contribution in [3.8, 4) is 5.75 Å². The second-order valence-electron chi connectivity index (χ2n) is 4.85.